The Morgan fingerprint density at radius 2 is 1.61 bits per heavy atom. The van der Waals surface area contributed by atoms with Gasteiger partial charge in [-0.1, -0.05) is 72.8 Å². The summed E-state index contributed by atoms with van der Waals surface area (Å²) >= 11 is 0. The molecule has 2 heterocycles. The molecule has 3 aromatic carbocycles. The maximum atomic E-state index is 10.3. The summed E-state index contributed by atoms with van der Waals surface area (Å²) in [6.07, 6.45) is 4.42. The molecule has 1 aliphatic rings. The maximum absolute atomic E-state index is 10.3. The second-order valence-electron chi connectivity index (χ2n) is 9.34. The largest absolute Gasteiger partial charge is 0.508 e. The van der Waals surface area contributed by atoms with Crippen LogP contribution in [0.4, 0.5) is 0 Å². The molecule has 5 rings (SSSR count). The monoisotopic (exact) mass is 480 g/mol. The summed E-state index contributed by atoms with van der Waals surface area (Å²) in [7, 11) is 0. The van der Waals surface area contributed by atoms with Gasteiger partial charge in [0.25, 0.3) is 0 Å². The number of phenolic OH excluding ortho intramolecular Hbond substituents is 1. The van der Waals surface area contributed by atoms with Crippen molar-refractivity contribution in [3.63, 3.8) is 0 Å². The van der Waals surface area contributed by atoms with Crippen LogP contribution < -0.4 is 0 Å². The number of para-hydroxylation sites is 1. The molecule has 184 valence electrons. The number of phenols is 1. The third kappa shape index (κ3) is 5.22. The molecule has 0 bridgehead atoms. The van der Waals surface area contributed by atoms with Crippen LogP contribution in [0.1, 0.15) is 34.1 Å². The van der Waals surface area contributed by atoms with Gasteiger partial charge in [-0.25, -0.2) is 0 Å². The Hall–Kier alpha value is -3.81. The van der Waals surface area contributed by atoms with E-state index < -0.39 is 0 Å². The summed E-state index contributed by atoms with van der Waals surface area (Å²) in [6, 6.07) is 23.9. The van der Waals surface area contributed by atoms with Crippen molar-refractivity contribution in [1.29, 1.82) is 0 Å². The van der Waals surface area contributed by atoms with Crippen LogP contribution in [0.2, 0.25) is 0 Å². The van der Waals surface area contributed by atoms with Crippen molar-refractivity contribution < 1.29 is 5.11 Å². The first-order valence-corrected chi connectivity index (χ1v) is 12.4. The smallest absolute Gasteiger partial charge is 0.178 e. The van der Waals surface area contributed by atoms with Crippen molar-refractivity contribution in [2.75, 3.05) is 32.7 Å². The van der Waals surface area contributed by atoms with Crippen LogP contribution in [0.25, 0.3) is 11.8 Å². The van der Waals surface area contributed by atoms with Crippen molar-refractivity contribution in [2.24, 2.45) is 0 Å². The molecule has 0 aliphatic carbocycles. The zero-order valence-electron chi connectivity index (χ0n) is 20.8. The fraction of sp³-hybridized carbons (Fsp3) is 0.276. The second-order valence-corrected chi connectivity index (χ2v) is 9.34. The summed E-state index contributed by atoms with van der Waals surface area (Å²) in [5.74, 6) is 1.00. The Kier molecular flexibility index (Phi) is 7.21. The van der Waals surface area contributed by atoms with Crippen LogP contribution in [0.15, 0.2) is 78.9 Å². The van der Waals surface area contributed by atoms with E-state index >= 15 is 0 Å². The Labute approximate surface area is 212 Å². The van der Waals surface area contributed by atoms with Gasteiger partial charge in [0.1, 0.15) is 5.75 Å². The van der Waals surface area contributed by atoms with Gasteiger partial charge in [0, 0.05) is 32.7 Å². The summed E-state index contributed by atoms with van der Waals surface area (Å²) in [5, 5.41) is 23.3. The summed E-state index contributed by atoms with van der Waals surface area (Å²) in [6.45, 7) is 8.72. The highest BCUT2D eigenvalue weighted by atomic mass is 16.3. The highest BCUT2D eigenvalue weighted by Crippen LogP contribution is 2.32. The van der Waals surface area contributed by atoms with Crippen molar-refractivity contribution in [3.05, 3.63) is 107 Å². The van der Waals surface area contributed by atoms with Crippen LogP contribution in [0.5, 0.6) is 5.75 Å². The highest BCUT2D eigenvalue weighted by molar-refractivity contribution is 5.49. The van der Waals surface area contributed by atoms with Crippen molar-refractivity contribution in [1.82, 2.24) is 30.0 Å². The van der Waals surface area contributed by atoms with Crippen molar-refractivity contribution >= 4 is 6.08 Å². The van der Waals surface area contributed by atoms with Crippen LogP contribution >= 0.6 is 0 Å². The minimum absolute atomic E-state index is 0.173. The fourth-order valence-corrected chi connectivity index (χ4v) is 4.99. The highest BCUT2D eigenvalue weighted by Gasteiger charge is 2.31. The van der Waals surface area contributed by atoms with E-state index in [9.17, 15) is 5.11 Å². The summed E-state index contributed by atoms with van der Waals surface area (Å²) in [5.41, 5.74) is 5.45. The number of nitrogens with zero attached hydrogens (tertiary/aromatic N) is 6. The number of benzene rings is 3. The molecule has 1 atom stereocenters. The number of hydrogen-bond donors (Lipinski definition) is 1. The Morgan fingerprint density at radius 3 is 2.33 bits per heavy atom. The van der Waals surface area contributed by atoms with Crippen molar-refractivity contribution in [3.8, 4) is 11.4 Å². The first-order valence-electron chi connectivity index (χ1n) is 12.4. The van der Waals surface area contributed by atoms with Crippen LogP contribution in [0, 0.1) is 13.8 Å². The number of piperazine rings is 1. The minimum Gasteiger partial charge on any atom is -0.508 e. The second kappa shape index (κ2) is 10.8. The van der Waals surface area contributed by atoms with Gasteiger partial charge in [-0.05, 0) is 58.7 Å². The lowest BCUT2D eigenvalue weighted by Gasteiger charge is -2.38. The number of tetrazole rings is 1. The Morgan fingerprint density at radius 1 is 0.889 bits per heavy atom. The molecular weight excluding hydrogens is 448 g/mol. The topological polar surface area (TPSA) is 70.3 Å². The lowest BCUT2D eigenvalue weighted by molar-refractivity contribution is 0.113. The average molecular weight is 481 g/mol. The molecular formula is C29H32N6O. The summed E-state index contributed by atoms with van der Waals surface area (Å²) in [4.78, 5) is 4.88. The lowest BCUT2D eigenvalue weighted by atomic mass is 10.0. The van der Waals surface area contributed by atoms with Crippen LogP contribution in [0.3, 0.4) is 0 Å². The quantitative estimate of drug-likeness (QED) is 0.423. The van der Waals surface area contributed by atoms with Gasteiger partial charge >= 0.3 is 0 Å². The number of aryl methyl sites for hydroxylation is 2. The minimum atomic E-state index is -0.173. The molecule has 0 radical (unpaired) electrons. The molecule has 0 amide bonds. The third-order valence-electron chi connectivity index (χ3n) is 6.82. The number of aromatic nitrogens is 4. The first kappa shape index (κ1) is 23.9. The van der Waals surface area contributed by atoms with E-state index in [-0.39, 0.29) is 11.8 Å². The zero-order valence-corrected chi connectivity index (χ0v) is 20.8. The van der Waals surface area contributed by atoms with E-state index in [4.69, 9.17) is 0 Å². The van der Waals surface area contributed by atoms with Gasteiger partial charge in [-0.3, -0.25) is 9.80 Å². The normalized spacial score (nSPS) is 15.9. The predicted octanol–water partition coefficient (Wildman–Crippen LogP) is 4.41. The molecule has 1 unspecified atom stereocenters. The fourth-order valence-electron chi connectivity index (χ4n) is 4.99. The van der Waals surface area contributed by atoms with E-state index in [1.165, 1.54) is 5.56 Å². The van der Waals surface area contributed by atoms with E-state index in [2.05, 4.69) is 93.8 Å². The predicted molar refractivity (Wildman–Crippen MR) is 142 cm³/mol. The average Bonchev–Trinajstić information content (AvgIpc) is 3.34. The Bertz CT molecular complexity index is 1300. The molecule has 7 heteroatoms. The lowest BCUT2D eigenvalue weighted by Crippen LogP contribution is -2.48. The zero-order chi connectivity index (χ0) is 24.9. The molecule has 1 aliphatic heterocycles. The third-order valence-corrected chi connectivity index (χ3v) is 6.82. The van der Waals surface area contributed by atoms with Crippen LogP contribution in [-0.4, -0.2) is 67.8 Å². The molecule has 1 saturated heterocycles. The van der Waals surface area contributed by atoms with E-state index in [1.807, 2.05) is 28.9 Å². The maximum Gasteiger partial charge on any atom is 0.178 e. The number of hydrogen-bond acceptors (Lipinski definition) is 6. The Balaban J connectivity index is 1.39. The van der Waals surface area contributed by atoms with Gasteiger partial charge in [0.15, 0.2) is 5.82 Å². The first-order chi connectivity index (χ1) is 17.6. The van der Waals surface area contributed by atoms with Crippen molar-refractivity contribution in [2.45, 2.75) is 19.9 Å². The van der Waals surface area contributed by atoms with E-state index in [0.717, 1.165) is 60.9 Å². The van der Waals surface area contributed by atoms with Gasteiger partial charge in [-0.15, -0.1) is 5.10 Å². The van der Waals surface area contributed by atoms with E-state index in [0.29, 0.717) is 0 Å². The standard InChI is InChI=1S/C29H32N6O/c1-22-9-6-10-23(2)27(22)35-29(30-31-32-35)28(25-14-7-15-26(36)21-25)34-19-17-33(18-20-34)16-8-13-24-11-4-3-5-12-24/h3-15,21,28,36H,16-20H2,1-2H3/b13-8+. The van der Waals surface area contributed by atoms with Crippen LogP contribution in [-0.2, 0) is 0 Å². The molecule has 1 aromatic heterocycles. The number of rotatable bonds is 7. The number of aromatic hydroxyl groups is 1. The molecule has 7 nitrogen and oxygen atoms in total. The molecule has 36 heavy (non-hydrogen) atoms. The van der Waals surface area contributed by atoms with E-state index in [1.54, 1.807) is 6.07 Å². The van der Waals surface area contributed by atoms with Gasteiger partial charge < -0.3 is 5.11 Å². The van der Waals surface area contributed by atoms with Gasteiger partial charge in [-0.2, -0.15) is 4.68 Å². The van der Waals surface area contributed by atoms with Gasteiger partial charge in [0.05, 0.1) is 11.7 Å². The molecule has 4 aromatic rings. The molecule has 0 saturated carbocycles. The molecule has 1 fully saturated rings. The molecule has 1 N–H and O–H groups in total. The van der Waals surface area contributed by atoms with Gasteiger partial charge in [0.2, 0.25) is 0 Å². The SMILES string of the molecule is Cc1cccc(C)c1-n1nnnc1C(c1cccc(O)c1)N1CCN(C/C=C/c2ccccc2)CC1. The molecule has 0 spiro atoms. The summed E-state index contributed by atoms with van der Waals surface area (Å²) < 4.78 is 1.87.